The fraction of sp³-hybridized carbons (Fsp3) is 0.533. The van der Waals surface area contributed by atoms with Crippen LogP contribution in [0.25, 0.3) is 0 Å². The average molecular weight is 263 g/mol. The highest BCUT2D eigenvalue weighted by Gasteiger charge is 2.02. The van der Waals surface area contributed by atoms with E-state index in [1.807, 2.05) is 24.3 Å². The van der Waals surface area contributed by atoms with Gasteiger partial charge in [-0.3, -0.25) is 4.79 Å². The molecule has 0 radical (unpaired) electrons. The van der Waals surface area contributed by atoms with E-state index in [0.717, 1.165) is 30.9 Å². The maximum atomic E-state index is 11.1. The van der Waals surface area contributed by atoms with Crippen LogP contribution in [0.2, 0.25) is 0 Å². The molecule has 4 heteroatoms. The second-order valence-corrected chi connectivity index (χ2v) is 5.03. The normalized spacial score (nSPS) is 10.7. The Morgan fingerprint density at radius 1 is 1.21 bits per heavy atom. The molecule has 0 aromatic heterocycles. The number of anilines is 1. The summed E-state index contributed by atoms with van der Waals surface area (Å²) in [6, 6.07) is 7.91. The Hall–Kier alpha value is -1.39. The van der Waals surface area contributed by atoms with Crippen molar-refractivity contribution in [2.45, 2.75) is 26.3 Å². The van der Waals surface area contributed by atoms with Crippen LogP contribution in [-0.2, 0) is 11.3 Å². The molecule has 0 aliphatic heterocycles. The number of benzene rings is 1. The van der Waals surface area contributed by atoms with E-state index in [1.54, 1.807) is 0 Å². The molecule has 4 nitrogen and oxygen atoms in total. The predicted octanol–water partition coefficient (Wildman–Crippen LogP) is 2.08. The molecular weight excluding hydrogens is 238 g/mol. The lowest BCUT2D eigenvalue weighted by atomic mass is 10.1. The van der Waals surface area contributed by atoms with Crippen molar-refractivity contribution >= 4 is 11.6 Å². The van der Waals surface area contributed by atoms with Crippen LogP contribution in [0.15, 0.2) is 24.3 Å². The van der Waals surface area contributed by atoms with Crippen LogP contribution in [0.5, 0.6) is 0 Å². The molecule has 0 fully saturated rings. The molecule has 0 atom stereocenters. The maximum absolute atomic E-state index is 11.1. The Labute approximate surface area is 116 Å². The van der Waals surface area contributed by atoms with Crippen LogP contribution in [0.1, 0.15) is 25.3 Å². The highest BCUT2D eigenvalue weighted by Crippen LogP contribution is 2.14. The van der Waals surface area contributed by atoms with Crippen LogP contribution in [0, 0.1) is 0 Å². The van der Waals surface area contributed by atoms with Crippen molar-refractivity contribution in [1.82, 2.24) is 10.2 Å². The Morgan fingerprint density at radius 2 is 1.95 bits per heavy atom. The molecule has 106 valence electrons. The monoisotopic (exact) mass is 263 g/mol. The number of nitrogens with one attached hydrogen (secondary N) is 2. The number of hydrogen-bond donors (Lipinski definition) is 2. The summed E-state index contributed by atoms with van der Waals surface area (Å²) in [6.07, 6.45) is 2.37. The number of para-hydroxylation sites is 1. The van der Waals surface area contributed by atoms with E-state index in [4.69, 9.17) is 0 Å². The summed E-state index contributed by atoms with van der Waals surface area (Å²) >= 11 is 0. The van der Waals surface area contributed by atoms with Gasteiger partial charge >= 0.3 is 0 Å². The van der Waals surface area contributed by atoms with Crippen LogP contribution < -0.4 is 10.6 Å². The Balaban J connectivity index is 2.30. The van der Waals surface area contributed by atoms with E-state index in [1.165, 1.54) is 19.8 Å². The molecule has 1 aromatic rings. The largest absolute Gasteiger partial charge is 0.326 e. The molecular formula is C15H25N3O. The van der Waals surface area contributed by atoms with Crippen molar-refractivity contribution in [3.8, 4) is 0 Å². The van der Waals surface area contributed by atoms with Crippen LogP contribution in [0.3, 0.4) is 0 Å². The zero-order valence-electron chi connectivity index (χ0n) is 12.2. The minimum atomic E-state index is -0.0292. The van der Waals surface area contributed by atoms with Gasteiger partial charge in [0.15, 0.2) is 0 Å². The maximum Gasteiger partial charge on any atom is 0.221 e. The van der Waals surface area contributed by atoms with Crippen molar-refractivity contribution in [3.05, 3.63) is 29.8 Å². The van der Waals surface area contributed by atoms with Gasteiger partial charge in [0.1, 0.15) is 0 Å². The van der Waals surface area contributed by atoms with Crippen molar-refractivity contribution in [1.29, 1.82) is 0 Å². The van der Waals surface area contributed by atoms with Crippen LogP contribution in [-0.4, -0.2) is 38.0 Å². The predicted molar refractivity (Wildman–Crippen MR) is 80.2 cm³/mol. The number of amides is 1. The first-order valence-electron chi connectivity index (χ1n) is 6.80. The van der Waals surface area contributed by atoms with E-state index in [0.29, 0.717) is 0 Å². The summed E-state index contributed by atoms with van der Waals surface area (Å²) in [5, 5.41) is 6.27. The summed E-state index contributed by atoms with van der Waals surface area (Å²) in [4.78, 5) is 13.3. The number of rotatable bonds is 8. The topological polar surface area (TPSA) is 44.4 Å². The number of unbranched alkanes of at least 4 members (excludes halogenated alkanes) is 1. The molecule has 0 aliphatic rings. The highest BCUT2D eigenvalue weighted by atomic mass is 16.1. The first-order chi connectivity index (χ1) is 9.09. The van der Waals surface area contributed by atoms with Gasteiger partial charge in [0, 0.05) is 19.2 Å². The van der Waals surface area contributed by atoms with Crippen LogP contribution >= 0.6 is 0 Å². The molecule has 0 spiro atoms. The van der Waals surface area contributed by atoms with E-state index >= 15 is 0 Å². The molecule has 0 heterocycles. The van der Waals surface area contributed by atoms with Crippen molar-refractivity contribution < 1.29 is 4.79 Å². The third kappa shape index (κ3) is 6.94. The second kappa shape index (κ2) is 8.67. The number of carbonyl (C=O) groups excluding carboxylic acids is 1. The summed E-state index contributed by atoms with van der Waals surface area (Å²) < 4.78 is 0. The van der Waals surface area contributed by atoms with Gasteiger partial charge in [0.2, 0.25) is 5.91 Å². The summed E-state index contributed by atoms with van der Waals surface area (Å²) in [6.45, 7) is 4.45. The fourth-order valence-corrected chi connectivity index (χ4v) is 1.89. The lowest BCUT2D eigenvalue weighted by molar-refractivity contribution is -0.114. The van der Waals surface area contributed by atoms with E-state index < -0.39 is 0 Å². The number of hydrogen-bond acceptors (Lipinski definition) is 3. The smallest absolute Gasteiger partial charge is 0.221 e. The molecule has 0 saturated carbocycles. The molecule has 0 aliphatic carbocycles. The quantitative estimate of drug-likeness (QED) is 0.706. The third-order valence-electron chi connectivity index (χ3n) is 2.85. The highest BCUT2D eigenvalue weighted by molar-refractivity contribution is 5.89. The summed E-state index contributed by atoms with van der Waals surface area (Å²) in [7, 11) is 4.19. The van der Waals surface area contributed by atoms with Gasteiger partial charge in [-0.15, -0.1) is 0 Å². The second-order valence-electron chi connectivity index (χ2n) is 5.03. The van der Waals surface area contributed by atoms with Gasteiger partial charge in [0.05, 0.1) is 0 Å². The standard InChI is InChI=1S/C15H25N3O/c1-13(19)17-15-9-5-4-8-14(15)12-16-10-6-7-11-18(2)3/h4-5,8-9,16H,6-7,10-12H2,1-3H3,(H,17,19). The molecule has 0 saturated heterocycles. The summed E-state index contributed by atoms with van der Waals surface area (Å²) in [5.41, 5.74) is 2.03. The van der Waals surface area contributed by atoms with Gasteiger partial charge in [0.25, 0.3) is 0 Å². The van der Waals surface area contributed by atoms with E-state index in [-0.39, 0.29) is 5.91 Å². The minimum Gasteiger partial charge on any atom is -0.326 e. The Kier molecular flexibility index (Phi) is 7.15. The lowest BCUT2D eigenvalue weighted by Gasteiger charge is -2.12. The van der Waals surface area contributed by atoms with Crippen LogP contribution in [0.4, 0.5) is 5.69 Å². The molecule has 0 bridgehead atoms. The SMILES string of the molecule is CC(=O)Nc1ccccc1CNCCCCN(C)C. The average Bonchev–Trinajstić information content (AvgIpc) is 2.34. The minimum absolute atomic E-state index is 0.0292. The molecule has 0 unspecified atom stereocenters. The number of carbonyl (C=O) groups is 1. The summed E-state index contributed by atoms with van der Waals surface area (Å²) in [5.74, 6) is -0.0292. The van der Waals surface area contributed by atoms with Crippen molar-refractivity contribution in [2.75, 3.05) is 32.5 Å². The molecule has 2 N–H and O–H groups in total. The first kappa shape index (κ1) is 15.7. The van der Waals surface area contributed by atoms with Gasteiger partial charge < -0.3 is 15.5 Å². The lowest BCUT2D eigenvalue weighted by Crippen LogP contribution is -2.19. The fourth-order valence-electron chi connectivity index (χ4n) is 1.89. The molecule has 1 amide bonds. The molecule has 19 heavy (non-hydrogen) atoms. The zero-order valence-corrected chi connectivity index (χ0v) is 12.2. The molecule has 1 rings (SSSR count). The van der Waals surface area contributed by atoms with Gasteiger partial charge in [-0.2, -0.15) is 0 Å². The Bertz CT molecular complexity index is 391. The van der Waals surface area contributed by atoms with E-state index in [2.05, 4.69) is 29.6 Å². The Morgan fingerprint density at radius 3 is 2.63 bits per heavy atom. The molecule has 1 aromatic carbocycles. The number of nitrogens with zero attached hydrogens (tertiary/aromatic N) is 1. The third-order valence-corrected chi connectivity index (χ3v) is 2.85. The van der Waals surface area contributed by atoms with E-state index in [9.17, 15) is 4.79 Å². The van der Waals surface area contributed by atoms with Crippen molar-refractivity contribution in [2.24, 2.45) is 0 Å². The zero-order chi connectivity index (χ0) is 14.1. The first-order valence-corrected chi connectivity index (χ1v) is 6.80. The van der Waals surface area contributed by atoms with Gasteiger partial charge in [-0.05, 0) is 51.7 Å². The van der Waals surface area contributed by atoms with Gasteiger partial charge in [-0.1, -0.05) is 18.2 Å². The van der Waals surface area contributed by atoms with Gasteiger partial charge in [-0.25, -0.2) is 0 Å². The van der Waals surface area contributed by atoms with Crippen molar-refractivity contribution in [3.63, 3.8) is 0 Å².